The summed E-state index contributed by atoms with van der Waals surface area (Å²) in [5.74, 6) is 0.706. The average Bonchev–Trinajstić information content (AvgIpc) is 2.46. The van der Waals surface area contributed by atoms with Gasteiger partial charge in [-0.3, -0.25) is 0 Å². The van der Waals surface area contributed by atoms with Gasteiger partial charge in [-0.2, -0.15) is 0 Å². The van der Waals surface area contributed by atoms with Crippen LogP contribution < -0.4 is 10.2 Å². The van der Waals surface area contributed by atoms with Gasteiger partial charge in [0.15, 0.2) is 0 Å². The van der Waals surface area contributed by atoms with E-state index < -0.39 is 0 Å². The van der Waals surface area contributed by atoms with Crippen LogP contribution in [0, 0.1) is 5.92 Å². The Morgan fingerprint density at radius 2 is 2.10 bits per heavy atom. The number of nitrogens with zero attached hydrogens (tertiary/aromatic N) is 1. The van der Waals surface area contributed by atoms with Gasteiger partial charge in [-0.15, -0.1) is 0 Å². The summed E-state index contributed by atoms with van der Waals surface area (Å²) in [6.07, 6.45) is 2.30. The van der Waals surface area contributed by atoms with Crippen molar-refractivity contribution >= 4 is 17.3 Å². The summed E-state index contributed by atoms with van der Waals surface area (Å²) >= 11 is 6.43. The van der Waals surface area contributed by atoms with Gasteiger partial charge in [0.1, 0.15) is 0 Å². The van der Waals surface area contributed by atoms with Crippen molar-refractivity contribution in [1.82, 2.24) is 5.32 Å². The lowest BCUT2D eigenvalue weighted by atomic mass is 9.99. The Morgan fingerprint density at radius 3 is 2.80 bits per heavy atom. The number of benzene rings is 1. The van der Waals surface area contributed by atoms with Crippen LogP contribution in [0.15, 0.2) is 18.2 Å². The monoisotopic (exact) mass is 296 g/mol. The van der Waals surface area contributed by atoms with E-state index in [0.717, 1.165) is 50.7 Å². The number of ether oxygens (including phenoxy) is 1. The maximum absolute atomic E-state index is 6.43. The van der Waals surface area contributed by atoms with Crippen LogP contribution >= 0.6 is 11.6 Å². The fourth-order valence-electron chi connectivity index (χ4n) is 2.80. The Hall–Kier alpha value is -0.770. The minimum atomic E-state index is 0.706. The van der Waals surface area contributed by atoms with E-state index in [9.17, 15) is 0 Å². The first-order valence-electron chi connectivity index (χ1n) is 7.49. The quantitative estimate of drug-likeness (QED) is 0.871. The molecule has 1 aromatic rings. The molecule has 0 radical (unpaired) electrons. The smallest absolute Gasteiger partial charge is 0.0642 e. The van der Waals surface area contributed by atoms with E-state index in [0.29, 0.717) is 5.92 Å². The molecule has 1 aliphatic heterocycles. The van der Waals surface area contributed by atoms with Crippen LogP contribution in [0.1, 0.15) is 25.3 Å². The van der Waals surface area contributed by atoms with Crippen molar-refractivity contribution < 1.29 is 4.74 Å². The van der Waals surface area contributed by atoms with E-state index in [1.54, 1.807) is 0 Å². The molecule has 0 saturated carbocycles. The van der Waals surface area contributed by atoms with E-state index in [2.05, 4.69) is 30.3 Å². The third-order valence-electron chi connectivity index (χ3n) is 3.89. The summed E-state index contributed by atoms with van der Waals surface area (Å²) < 4.78 is 5.43. The molecule has 1 heterocycles. The highest BCUT2D eigenvalue weighted by Crippen LogP contribution is 2.30. The number of hydrogen-bond acceptors (Lipinski definition) is 3. The highest BCUT2D eigenvalue weighted by Gasteiger charge is 2.18. The van der Waals surface area contributed by atoms with E-state index in [1.807, 2.05) is 12.1 Å². The lowest BCUT2D eigenvalue weighted by Crippen LogP contribution is -2.30. The van der Waals surface area contributed by atoms with Crippen LogP contribution in [0.3, 0.4) is 0 Å². The number of rotatable bonds is 6. The lowest BCUT2D eigenvalue weighted by Gasteiger charge is -2.30. The second-order valence-corrected chi connectivity index (χ2v) is 5.87. The van der Waals surface area contributed by atoms with E-state index in [1.165, 1.54) is 11.3 Å². The summed E-state index contributed by atoms with van der Waals surface area (Å²) in [4.78, 5) is 2.31. The molecule has 1 aromatic carbocycles. The third-order valence-corrected chi connectivity index (χ3v) is 4.20. The molecular weight excluding hydrogens is 272 g/mol. The molecule has 0 amide bonds. The Labute approximate surface area is 127 Å². The van der Waals surface area contributed by atoms with E-state index in [4.69, 9.17) is 16.3 Å². The van der Waals surface area contributed by atoms with Gasteiger partial charge in [0, 0.05) is 33.4 Å². The Morgan fingerprint density at radius 1 is 1.35 bits per heavy atom. The molecule has 0 spiro atoms. The molecule has 0 aliphatic carbocycles. The SMILES string of the molecule is CCNCc1cccc(Cl)c1N(C)CC1CCOCC1. The summed E-state index contributed by atoms with van der Waals surface area (Å²) in [5, 5.41) is 4.23. The molecule has 0 bridgehead atoms. The zero-order valence-electron chi connectivity index (χ0n) is 12.5. The Bertz CT molecular complexity index is 419. The minimum absolute atomic E-state index is 0.706. The van der Waals surface area contributed by atoms with Gasteiger partial charge in [-0.1, -0.05) is 30.7 Å². The Kier molecular flexibility index (Phi) is 6.14. The Balaban J connectivity index is 2.08. The second kappa shape index (κ2) is 7.87. The summed E-state index contributed by atoms with van der Waals surface area (Å²) in [5.41, 5.74) is 2.44. The zero-order chi connectivity index (χ0) is 14.4. The van der Waals surface area contributed by atoms with Gasteiger partial charge in [-0.05, 0) is 36.9 Å². The summed E-state index contributed by atoms with van der Waals surface area (Å²) in [7, 11) is 2.14. The molecule has 2 rings (SSSR count). The first-order chi connectivity index (χ1) is 9.72. The largest absolute Gasteiger partial charge is 0.381 e. The van der Waals surface area contributed by atoms with Crippen LogP contribution in [0.5, 0.6) is 0 Å². The molecule has 1 N–H and O–H groups in total. The van der Waals surface area contributed by atoms with Crippen molar-refractivity contribution in [2.45, 2.75) is 26.3 Å². The molecule has 20 heavy (non-hydrogen) atoms. The molecule has 4 heteroatoms. The maximum Gasteiger partial charge on any atom is 0.0642 e. The van der Waals surface area contributed by atoms with Crippen LogP contribution in [0.2, 0.25) is 5.02 Å². The minimum Gasteiger partial charge on any atom is -0.381 e. The molecule has 112 valence electrons. The third kappa shape index (κ3) is 4.11. The van der Waals surface area contributed by atoms with Gasteiger partial charge in [0.25, 0.3) is 0 Å². The predicted molar refractivity (Wildman–Crippen MR) is 85.6 cm³/mol. The van der Waals surface area contributed by atoms with Gasteiger partial charge in [0.2, 0.25) is 0 Å². The molecule has 1 saturated heterocycles. The maximum atomic E-state index is 6.43. The van der Waals surface area contributed by atoms with Crippen molar-refractivity contribution in [2.75, 3.05) is 38.3 Å². The molecule has 0 unspecified atom stereocenters. The molecule has 3 nitrogen and oxygen atoms in total. The molecule has 1 aliphatic rings. The van der Waals surface area contributed by atoms with Crippen molar-refractivity contribution in [3.63, 3.8) is 0 Å². The fraction of sp³-hybridized carbons (Fsp3) is 0.625. The van der Waals surface area contributed by atoms with E-state index >= 15 is 0 Å². The fourth-order valence-corrected chi connectivity index (χ4v) is 3.14. The zero-order valence-corrected chi connectivity index (χ0v) is 13.2. The standard InChI is InChI=1S/C16H25ClN2O/c1-3-18-11-14-5-4-6-15(17)16(14)19(2)12-13-7-9-20-10-8-13/h4-6,13,18H,3,7-12H2,1-2H3. The number of halogens is 1. The van der Waals surface area contributed by atoms with Crippen molar-refractivity contribution in [1.29, 1.82) is 0 Å². The van der Waals surface area contributed by atoms with Crippen LogP contribution in [-0.2, 0) is 11.3 Å². The van der Waals surface area contributed by atoms with Gasteiger partial charge in [0.05, 0.1) is 10.7 Å². The van der Waals surface area contributed by atoms with E-state index in [-0.39, 0.29) is 0 Å². The molecule has 0 aromatic heterocycles. The lowest BCUT2D eigenvalue weighted by molar-refractivity contribution is 0.0685. The first kappa shape index (κ1) is 15.6. The summed E-state index contributed by atoms with van der Waals surface area (Å²) in [6.45, 7) is 6.79. The average molecular weight is 297 g/mol. The highest BCUT2D eigenvalue weighted by molar-refractivity contribution is 6.33. The van der Waals surface area contributed by atoms with Crippen LogP contribution in [-0.4, -0.2) is 33.4 Å². The molecular formula is C16H25ClN2O. The number of hydrogen-bond donors (Lipinski definition) is 1. The topological polar surface area (TPSA) is 24.5 Å². The first-order valence-corrected chi connectivity index (χ1v) is 7.87. The van der Waals surface area contributed by atoms with Gasteiger partial charge in [-0.25, -0.2) is 0 Å². The predicted octanol–water partition coefficient (Wildman–Crippen LogP) is 3.31. The van der Waals surface area contributed by atoms with Crippen molar-refractivity contribution in [3.05, 3.63) is 28.8 Å². The summed E-state index contributed by atoms with van der Waals surface area (Å²) in [6, 6.07) is 6.16. The molecule has 0 atom stereocenters. The van der Waals surface area contributed by atoms with Crippen LogP contribution in [0.25, 0.3) is 0 Å². The highest BCUT2D eigenvalue weighted by atomic mass is 35.5. The van der Waals surface area contributed by atoms with Gasteiger partial charge < -0.3 is 15.0 Å². The molecule has 1 fully saturated rings. The number of nitrogens with one attached hydrogen (secondary N) is 1. The normalized spacial score (nSPS) is 16.4. The second-order valence-electron chi connectivity index (χ2n) is 5.46. The van der Waals surface area contributed by atoms with Crippen molar-refractivity contribution in [3.8, 4) is 0 Å². The van der Waals surface area contributed by atoms with Crippen LogP contribution in [0.4, 0.5) is 5.69 Å². The van der Waals surface area contributed by atoms with Gasteiger partial charge >= 0.3 is 0 Å². The number of anilines is 1. The number of para-hydroxylation sites is 1. The van der Waals surface area contributed by atoms with Crippen molar-refractivity contribution in [2.24, 2.45) is 5.92 Å².